The summed E-state index contributed by atoms with van der Waals surface area (Å²) >= 11 is 0. The average molecular weight is 591 g/mol. The predicted octanol–water partition coefficient (Wildman–Crippen LogP) is 7.12. The molecule has 2 aliphatic rings. The zero-order valence-electron chi connectivity index (χ0n) is 23.5. The zero-order valence-corrected chi connectivity index (χ0v) is 23.5. The molecule has 12 heteroatoms. The second-order valence-electron chi connectivity index (χ2n) is 10.4. The van der Waals surface area contributed by atoms with E-state index in [1.807, 2.05) is 0 Å². The summed E-state index contributed by atoms with van der Waals surface area (Å²) in [5.74, 6) is -0.187. The number of para-hydroxylation sites is 2. The number of benzene rings is 2. The van der Waals surface area contributed by atoms with Gasteiger partial charge in [0, 0.05) is 0 Å². The first-order valence-corrected chi connectivity index (χ1v) is 14.0. The third kappa shape index (κ3) is 9.88. The van der Waals surface area contributed by atoms with Gasteiger partial charge in [-0.1, -0.05) is 38.1 Å². The van der Waals surface area contributed by atoms with Crippen LogP contribution in [0.25, 0.3) is 0 Å². The molecule has 2 aromatic rings. The fraction of sp³-hybridized carbons (Fsp3) is 0.586. The Hall–Kier alpha value is -2.86. The van der Waals surface area contributed by atoms with Crippen molar-refractivity contribution in [3.05, 3.63) is 47.5 Å². The second-order valence-corrected chi connectivity index (χ2v) is 10.4. The average Bonchev–Trinajstić information content (AvgIpc) is 2.91. The smallest absolute Gasteiger partial charge is 0.404 e. The van der Waals surface area contributed by atoms with Crippen LogP contribution in [0.5, 0.6) is 11.5 Å². The summed E-state index contributed by atoms with van der Waals surface area (Å²) in [7, 11) is 0. The maximum atomic E-state index is 12.3. The first-order chi connectivity index (χ1) is 19.3. The fourth-order valence-corrected chi connectivity index (χ4v) is 5.61. The van der Waals surface area contributed by atoms with Crippen LogP contribution in [0.15, 0.2) is 36.4 Å². The van der Waals surface area contributed by atoms with E-state index in [9.17, 15) is 26.3 Å². The van der Waals surface area contributed by atoms with E-state index in [2.05, 4.69) is 33.1 Å². The largest absolute Gasteiger partial charge is 0.573 e. The summed E-state index contributed by atoms with van der Waals surface area (Å²) < 4.78 is 81.9. The molecular formula is C29H40F6N4O2. The van der Waals surface area contributed by atoms with Crippen LogP contribution in [-0.4, -0.2) is 61.8 Å². The lowest BCUT2D eigenvalue weighted by molar-refractivity contribution is -0.275. The molecule has 0 unspecified atom stereocenters. The van der Waals surface area contributed by atoms with Gasteiger partial charge in [0.2, 0.25) is 0 Å². The molecule has 0 aromatic heterocycles. The van der Waals surface area contributed by atoms with Gasteiger partial charge in [-0.25, -0.2) is 0 Å². The van der Waals surface area contributed by atoms with Crippen molar-refractivity contribution in [2.45, 2.75) is 70.5 Å². The highest BCUT2D eigenvalue weighted by Gasteiger charge is 2.34. The third-order valence-corrected chi connectivity index (χ3v) is 7.69. The van der Waals surface area contributed by atoms with Gasteiger partial charge in [-0.2, -0.15) is 0 Å². The monoisotopic (exact) mass is 590 g/mol. The van der Waals surface area contributed by atoms with E-state index in [0.29, 0.717) is 0 Å². The van der Waals surface area contributed by atoms with Gasteiger partial charge in [0.25, 0.3) is 0 Å². The number of alkyl halides is 6. The Balaban J connectivity index is 0.000000226. The van der Waals surface area contributed by atoms with Crippen molar-refractivity contribution < 1.29 is 35.8 Å². The molecule has 4 N–H and O–H groups in total. The van der Waals surface area contributed by atoms with Crippen molar-refractivity contribution in [2.24, 2.45) is 0 Å². The molecule has 0 bridgehead atoms. The lowest BCUT2D eigenvalue weighted by atomic mass is 9.88. The molecule has 0 amide bonds. The van der Waals surface area contributed by atoms with Gasteiger partial charge >= 0.3 is 12.7 Å². The first kappa shape index (κ1) is 32.7. The summed E-state index contributed by atoms with van der Waals surface area (Å²) in [6, 6.07) is 9.26. The number of nitrogens with zero attached hydrogens (tertiary/aromatic N) is 2. The number of hydrogen-bond donors (Lipinski definition) is 2. The third-order valence-electron chi connectivity index (χ3n) is 7.69. The molecule has 2 fully saturated rings. The van der Waals surface area contributed by atoms with Crippen molar-refractivity contribution in [3.8, 4) is 11.5 Å². The maximum absolute atomic E-state index is 12.3. The van der Waals surface area contributed by atoms with E-state index in [-0.39, 0.29) is 34.7 Å². The van der Waals surface area contributed by atoms with E-state index < -0.39 is 12.7 Å². The highest BCUT2D eigenvalue weighted by molar-refractivity contribution is 5.60. The Morgan fingerprint density at radius 2 is 1.07 bits per heavy atom. The minimum Gasteiger partial charge on any atom is -0.404 e. The van der Waals surface area contributed by atoms with E-state index in [4.69, 9.17) is 11.5 Å². The summed E-state index contributed by atoms with van der Waals surface area (Å²) in [6.07, 6.45) is -4.66. The molecule has 2 aliphatic heterocycles. The van der Waals surface area contributed by atoms with Gasteiger partial charge in [0.1, 0.15) is 0 Å². The minimum atomic E-state index is -4.71. The Morgan fingerprint density at radius 1 is 0.683 bits per heavy atom. The molecule has 230 valence electrons. The molecule has 0 saturated carbocycles. The highest BCUT2D eigenvalue weighted by atomic mass is 19.4. The first-order valence-electron chi connectivity index (χ1n) is 14.0. The van der Waals surface area contributed by atoms with Gasteiger partial charge < -0.3 is 30.7 Å². The molecule has 6 nitrogen and oxygen atoms in total. The number of likely N-dealkylation sites (tertiary alicyclic amines) is 2. The van der Waals surface area contributed by atoms with Crippen molar-refractivity contribution in [2.75, 3.05) is 50.7 Å². The molecule has 0 spiro atoms. The normalized spacial score (nSPS) is 18.0. The van der Waals surface area contributed by atoms with Crippen LogP contribution in [0.2, 0.25) is 0 Å². The van der Waals surface area contributed by atoms with Gasteiger partial charge in [-0.05, 0) is 106 Å². The summed E-state index contributed by atoms with van der Waals surface area (Å²) in [5, 5.41) is 0. The van der Waals surface area contributed by atoms with Gasteiger partial charge in [-0.3, -0.25) is 0 Å². The van der Waals surface area contributed by atoms with E-state index in [1.165, 1.54) is 12.1 Å². The quantitative estimate of drug-likeness (QED) is 0.264. The summed E-state index contributed by atoms with van der Waals surface area (Å²) in [4.78, 5) is 4.70. The van der Waals surface area contributed by atoms with Crippen LogP contribution in [0.4, 0.5) is 37.7 Å². The van der Waals surface area contributed by atoms with E-state index >= 15 is 0 Å². The molecule has 0 aliphatic carbocycles. The summed E-state index contributed by atoms with van der Waals surface area (Å²) in [6.45, 7) is 10.1. The lowest BCUT2D eigenvalue weighted by Crippen LogP contribution is -2.33. The van der Waals surface area contributed by atoms with Crippen LogP contribution in [0, 0.1) is 0 Å². The van der Waals surface area contributed by atoms with Crippen LogP contribution >= 0.6 is 0 Å². The number of anilines is 2. The van der Waals surface area contributed by atoms with Gasteiger partial charge in [0.15, 0.2) is 11.5 Å². The topological polar surface area (TPSA) is 77.0 Å². The van der Waals surface area contributed by atoms with Crippen LogP contribution in [-0.2, 0) is 0 Å². The van der Waals surface area contributed by atoms with Crippen LogP contribution in [0.1, 0.15) is 68.9 Å². The minimum absolute atomic E-state index is 0.111. The Bertz CT molecular complexity index is 1100. The molecule has 2 saturated heterocycles. The van der Waals surface area contributed by atoms with Gasteiger partial charge in [0.05, 0.1) is 11.4 Å². The standard InChI is InChI=1S/C15H21F3N2O.C14H19F3N2O/c1-2-8-20-9-6-11(7-10-20)12-4-3-5-13(14(12)19)21-15(16,17)18;1-2-19-8-6-10(7-9-19)11-4-3-5-12(13(11)18)20-14(15,16)17/h3-5,11H,2,6-10,19H2,1H3;3-5,10H,2,6-9,18H2,1H3. The van der Waals surface area contributed by atoms with Crippen LogP contribution < -0.4 is 20.9 Å². The number of nitrogen functional groups attached to an aromatic ring is 2. The van der Waals surface area contributed by atoms with E-state index in [0.717, 1.165) is 82.5 Å². The second kappa shape index (κ2) is 14.4. The predicted molar refractivity (Wildman–Crippen MR) is 148 cm³/mol. The molecule has 0 radical (unpaired) electrons. The van der Waals surface area contributed by atoms with Crippen molar-refractivity contribution in [1.29, 1.82) is 0 Å². The lowest BCUT2D eigenvalue weighted by Gasteiger charge is -2.32. The number of piperidine rings is 2. The number of nitrogens with two attached hydrogens (primary N) is 2. The number of rotatable bonds is 7. The number of halogens is 6. The number of ether oxygens (including phenoxy) is 2. The molecule has 2 aromatic carbocycles. The van der Waals surface area contributed by atoms with Crippen molar-refractivity contribution in [3.63, 3.8) is 0 Å². The van der Waals surface area contributed by atoms with Gasteiger partial charge in [-0.15, -0.1) is 26.3 Å². The molecule has 0 atom stereocenters. The Kier molecular flexibility index (Phi) is 11.4. The summed E-state index contributed by atoms with van der Waals surface area (Å²) in [5.41, 5.74) is 13.5. The molecule has 2 heterocycles. The Labute approximate surface area is 237 Å². The molecule has 4 rings (SSSR count). The molecular weight excluding hydrogens is 550 g/mol. The van der Waals surface area contributed by atoms with Crippen molar-refractivity contribution in [1.82, 2.24) is 9.80 Å². The fourth-order valence-electron chi connectivity index (χ4n) is 5.61. The van der Waals surface area contributed by atoms with E-state index in [1.54, 1.807) is 24.3 Å². The maximum Gasteiger partial charge on any atom is 0.573 e. The SMILES string of the molecule is CCCN1CCC(c2cccc(OC(F)(F)F)c2N)CC1.CCN1CCC(c2cccc(OC(F)(F)F)c2N)CC1. The highest BCUT2D eigenvalue weighted by Crippen LogP contribution is 2.39. The number of hydrogen-bond acceptors (Lipinski definition) is 6. The van der Waals surface area contributed by atoms with Crippen molar-refractivity contribution >= 4 is 11.4 Å². The molecule has 41 heavy (non-hydrogen) atoms. The van der Waals surface area contributed by atoms with Crippen LogP contribution in [0.3, 0.4) is 0 Å². The Morgan fingerprint density at radius 3 is 1.41 bits per heavy atom. The zero-order chi connectivity index (χ0) is 30.2.